The molecule has 1 unspecified atom stereocenters. The molecule has 3 aliphatic rings. The maximum atomic E-state index is 14.4. The number of aliphatic hydroxyl groups is 1. The van der Waals surface area contributed by atoms with Crippen LogP contribution < -0.4 is 15.5 Å². The van der Waals surface area contributed by atoms with Gasteiger partial charge in [-0.25, -0.2) is 4.68 Å². The number of carbonyl (C=O) groups excluding carboxylic acids is 3. The number of allylic oxidation sites excluding steroid dienone is 3. The minimum atomic E-state index is -4.61. The van der Waals surface area contributed by atoms with E-state index < -0.39 is 48.0 Å². The summed E-state index contributed by atoms with van der Waals surface area (Å²) in [4.78, 5) is 42.2. The first-order valence-corrected chi connectivity index (χ1v) is 15.4. The van der Waals surface area contributed by atoms with Crippen LogP contribution in [0.25, 0.3) is 5.69 Å². The average Bonchev–Trinajstić information content (AvgIpc) is 3.35. The molecule has 0 fully saturated rings. The number of aromatic nitrogens is 2. The van der Waals surface area contributed by atoms with Crippen LogP contribution in [0, 0.1) is 12.8 Å². The normalized spacial score (nSPS) is 20.8. The molecular weight excluding hydrogens is 611 g/mol. The summed E-state index contributed by atoms with van der Waals surface area (Å²) < 4.78 is 42.9. The largest absolute Gasteiger partial charge is 0.412 e. The Hall–Kier alpha value is -4.97. The van der Waals surface area contributed by atoms with Gasteiger partial charge in [0.1, 0.15) is 11.9 Å². The van der Waals surface area contributed by atoms with Crippen molar-refractivity contribution in [3.05, 3.63) is 106 Å². The number of fused-ring (bicyclic) bond motifs is 1. The van der Waals surface area contributed by atoms with Gasteiger partial charge in [0.2, 0.25) is 0 Å². The van der Waals surface area contributed by atoms with Gasteiger partial charge in [0.05, 0.1) is 24.5 Å². The number of β-amino-alcohol motifs (C(OH)–C–C–N with tert-alkyl or cyclic N) is 1. The minimum absolute atomic E-state index is 0.0120. The van der Waals surface area contributed by atoms with Crippen LogP contribution >= 0.6 is 0 Å². The van der Waals surface area contributed by atoms with E-state index in [2.05, 4.69) is 10.6 Å². The van der Waals surface area contributed by atoms with Gasteiger partial charge in [-0.15, -0.1) is 0 Å². The number of aryl methyl sites for hydroxylation is 1. The number of aliphatic hydroxyl groups excluding tert-OH is 1. The van der Waals surface area contributed by atoms with Gasteiger partial charge in [-0.2, -0.15) is 18.3 Å². The maximum absolute atomic E-state index is 14.4. The molecule has 6 rings (SSSR count). The number of para-hydroxylation sites is 1. The van der Waals surface area contributed by atoms with Gasteiger partial charge >= 0.3 is 6.18 Å². The monoisotopic (exact) mass is 645 g/mol. The van der Waals surface area contributed by atoms with E-state index in [9.17, 15) is 32.7 Å². The molecule has 0 bridgehead atoms. The summed E-state index contributed by atoms with van der Waals surface area (Å²) in [6.07, 6.45) is 1.05. The number of carbonyl (C=O) groups is 3. The van der Waals surface area contributed by atoms with Gasteiger partial charge in [-0.05, 0) is 68.0 Å². The van der Waals surface area contributed by atoms with Gasteiger partial charge in [-0.1, -0.05) is 49.4 Å². The van der Waals surface area contributed by atoms with Crippen molar-refractivity contribution in [3.63, 3.8) is 0 Å². The quantitative estimate of drug-likeness (QED) is 0.310. The van der Waals surface area contributed by atoms with Crippen molar-refractivity contribution in [2.45, 2.75) is 51.2 Å². The average molecular weight is 646 g/mol. The molecule has 2 aromatic carbocycles. The fraction of sp³-hybridized carbons (Fsp3) is 0.314. The summed E-state index contributed by atoms with van der Waals surface area (Å²) in [7, 11) is 0. The fourth-order valence-corrected chi connectivity index (χ4v) is 6.36. The fourth-order valence-electron chi connectivity index (χ4n) is 6.36. The van der Waals surface area contributed by atoms with E-state index in [4.69, 9.17) is 5.10 Å². The standard InChI is InChI=1S/C35H34F3N5O4/c1-20-14-15-24(19-27(20)35(36,37)38)32(46)40-30-29(23-10-7-11-25(18-23)39-31(45)22-8-6-9-22)28-21(2)41-43(26-12-4-3-5-13-26)33(28)42(16-17-44)34(30)47/h3-5,7-8,10-13,15,18-20,29-30,44H,6,9,14,16-17H2,1-2H3,(H,39,45)(H,40,46)/t20?,29-,30+/m0/s1. The molecule has 3 amide bonds. The van der Waals surface area contributed by atoms with Crippen molar-refractivity contribution >= 4 is 29.2 Å². The van der Waals surface area contributed by atoms with Gasteiger partial charge < -0.3 is 15.7 Å². The highest BCUT2D eigenvalue weighted by Gasteiger charge is 2.46. The van der Waals surface area contributed by atoms with Crippen molar-refractivity contribution in [3.8, 4) is 5.69 Å². The lowest BCUT2D eigenvalue weighted by Gasteiger charge is -2.39. The second kappa shape index (κ2) is 12.7. The topological polar surface area (TPSA) is 117 Å². The maximum Gasteiger partial charge on any atom is 0.412 e. The highest BCUT2D eigenvalue weighted by atomic mass is 19.4. The third kappa shape index (κ3) is 6.12. The highest BCUT2D eigenvalue weighted by molar-refractivity contribution is 6.07. The van der Waals surface area contributed by atoms with Gasteiger partial charge in [0.25, 0.3) is 17.7 Å². The number of amides is 3. The number of alkyl halides is 3. The number of anilines is 2. The Morgan fingerprint density at radius 3 is 2.47 bits per heavy atom. The zero-order chi connectivity index (χ0) is 33.5. The van der Waals surface area contributed by atoms with Crippen LogP contribution in [0.4, 0.5) is 24.7 Å². The van der Waals surface area contributed by atoms with Crippen LogP contribution in [-0.4, -0.2) is 58.0 Å². The molecule has 0 saturated carbocycles. The summed E-state index contributed by atoms with van der Waals surface area (Å²) in [5.41, 5.74) is 2.53. The van der Waals surface area contributed by atoms with E-state index in [-0.39, 0.29) is 24.4 Å². The van der Waals surface area contributed by atoms with E-state index in [1.54, 1.807) is 35.9 Å². The van der Waals surface area contributed by atoms with Crippen LogP contribution in [-0.2, 0) is 14.4 Å². The number of nitrogens with zero attached hydrogens (tertiary/aromatic N) is 3. The molecule has 12 heteroatoms. The number of rotatable bonds is 8. The molecule has 0 radical (unpaired) electrons. The van der Waals surface area contributed by atoms with Crippen LogP contribution in [0.3, 0.4) is 0 Å². The third-order valence-electron chi connectivity index (χ3n) is 8.85. The molecule has 9 nitrogen and oxygen atoms in total. The molecule has 3 N–H and O–H groups in total. The summed E-state index contributed by atoms with van der Waals surface area (Å²) in [6, 6.07) is 14.8. The van der Waals surface area contributed by atoms with Gasteiger partial charge in [0.15, 0.2) is 0 Å². The number of nitrogens with one attached hydrogen (secondary N) is 2. The first kappa shape index (κ1) is 32.0. The number of hydrogen-bond acceptors (Lipinski definition) is 5. The Balaban J connectivity index is 1.47. The van der Waals surface area contributed by atoms with Crippen molar-refractivity contribution < 1.29 is 32.7 Å². The first-order chi connectivity index (χ1) is 22.5. The van der Waals surface area contributed by atoms with Crippen molar-refractivity contribution in [2.75, 3.05) is 23.4 Å². The molecule has 2 aliphatic carbocycles. The van der Waals surface area contributed by atoms with Crippen molar-refractivity contribution in [1.29, 1.82) is 0 Å². The molecule has 3 atom stereocenters. The lowest BCUT2D eigenvalue weighted by Crippen LogP contribution is -2.56. The number of halogens is 3. The van der Waals surface area contributed by atoms with Crippen molar-refractivity contribution in [1.82, 2.24) is 15.1 Å². The van der Waals surface area contributed by atoms with Crippen LogP contribution in [0.15, 0.2) is 89.5 Å². The molecule has 0 saturated heterocycles. The molecule has 3 aromatic rings. The van der Waals surface area contributed by atoms with E-state index in [1.165, 1.54) is 17.9 Å². The Morgan fingerprint density at radius 1 is 1.06 bits per heavy atom. The van der Waals surface area contributed by atoms with Crippen LogP contribution in [0.2, 0.25) is 0 Å². The van der Waals surface area contributed by atoms with Gasteiger partial charge in [0, 0.05) is 33.9 Å². The summed E-state index contributed by atoms with van der Waals surface area (Å²) >= 11 is 0. The van der Waals surface area contributed by atoms with E-state index >= 15 is 0 Å². The van der Waals surface area contributed by atoms with Crippen LogP contribution in [0.1, 0.15) is 48.9 Å². The second-order valence-electron chi connectivity index (χ2n) is 12.0. The summed E-state index contributed by atoms with van der Waals surface area (Å²) in [5, 5.41) is 20.4. The van der Waals surface area contributed by atoms with Crippen LogP contribution in [0.5, 0.6) is 0 Å². The summed E-state index contributed by atoms with van der Waals surface area (Å²) in [6.45, 7) is 2.70. The van der Waals surface area contributed by atoms with Crippen molar-refractivity contribution in [2.24, 2.45) is 5.92 Å². The molecule has 1 aromatic heterocycles. The number of hydrogen-bond donors (Lipinski definition) is 3. The highest BCUT2D eigenvalue weighted by Crippen LogP contribution is 2.44. The second-order valence-corrected chi connectivity index (χ2v) is 12.0. The van der Waals surface area contributed by atoms with E-state index in [1.807, 2.05) is 36.4 Å². The Morgan fingerprint density at radius 2 is 1.81 bits per heavy atom. The summed E-state index contributed by atoms with van der Waals surface area (Å²) in [5.74, 6) is -2.89. The SMILES string of the molecule is Cc1nn(-c2ccccc2)c2c1[C@H](c1cccc(NC(=O)C3=CCC3)c1)[C@@H](NC(=O)C1=CCC(C)C(C(F)(F)F)=C1)C(=O)N2CCO. The zero-order valence-corrected chi connectivity index (χ0v) is 25.8. The van der Waals surface area contributed by atoms with Gasteiger partial charge in [-0.3, -0.25) is 19.3 Å². The molecule has 2 heterocycles. The minimum Gasteiger partial charge on any atom is -0.395 e. The smallest absolute Gasteiger partial charge is 0.395 e. The Bertz CT molecular complexity index is 1830. The number of benzene rings is 2. The van der Waals surface area contributed by atoms with E-state index in [0.717, 1.165) is 12.5 Å². The zero-order valence-electron chi connectivity index (χ0n) is 25.8. The molecule has 244 valence electrons. The molecule has 1 aliphatic heterocycles. The molecule has 0 spiro atoms. The predicted octanol–water partition coefficient (Wildman–Crippen LogP) is 5.25. The predicted molar refractivity (Wildman–Crippen MR) is 170 cm³/mol. The first-order valence-electron chi connectivity index (χ1n) is 15.4. The lowest BCUT2D eigenvalue weighted by molar-refractivity contribution is -0.126. The Labute approximate surface area is 269 Å². The van der Waals surface area contributed by atoms with E-state index in [0.29, 0.717) is 46.0 Å². The third-order valence-corrected chi connectivity index (χ3v) is 8.85. The Kier molecular flexibility index (Phi) is 8.63. The molecule has 47 heavy (non-hydrogen) atoms. The molecular formula is C35H34F3N5O4. The lowest BCUT2D eigenvalue weighted by atomic mass is 9.80.